The first-order valence-corrected chi connectivity index (χ1v) is 13.9. The van der Waals surface area contributed by atoms with Crippen LogP contribution in [-0.2, 0) is 4.79 Å². The van der Waals surface area contributed by atoms with Crippen LogP contribution in [0.3, 0.4) is 0 Å². The number of likely N-dealkylation sites (tertiary alicyclic amines) is 1. The van der Waals surface area contributed by atoms with Crippen LogP contribution in [0.15, 0.2) is 53.6 Å². The van der Waals surface area contributed by atoms with Gasteiger partial charge in [-0.15, -0.1) is 11.8 Å². The third-order valence-electron chi connectivity index (χ3n) is 7.17. The van der Waals surface area contributed by atoms with E-state index >= 15 is 0 Å². The van der Waals surface area contributed by atoms with Crippen molar-refractivity contribution < 1.29 is 19.0 Å². The summed E-state index contributed by atoms with van der Waals surface area (Å²) in [6.45, 7) is 2.49. The van der Waals surface area contributed by atoms with E-state index in [4.69, 9.17) is 22.1 Å². The molecule has 1 aromatic heterocycles. The lowest BCUT2D eigenvalue weighted by molar-refractivity contribution is -0.139. The molecule has 3 N–H and O–H groups in total. The van der Waals surface area contributed by atoms with Gasteiger partial charge >= 0.3 is 5.97 Å². The summed E-state index contributed by atoms with van der Waals surface area (Å²) in [4.78, 5) is 19.3. The quantitative estimate of drug-likeness (QED) is 0.285. The van der Waals surface area contributed by atoms with Gasteiger partial charge in [-0.2, -0.15) is 0 Å². The van der Waals surface area contributed by atoms with Crippen LogP contribution in [0.1, 0.15) is 37.3 Å². The van der Waals surface area contributed by atoms with Gasteiger partial charge in [-0.25, -0.2) is 4.39 Å². The number of fused-ring (bicyclic) bond motifs is 1. The van der Waals surface area contributed by atoms with Crippen LogP contribution in [0.5, 0.6) is 5.75 Å². The van der Waals surface area contributed by atoms with Gasteiger partial charge in [0.15, 0.2) is 0 Å². The summed E-state index contributed by atoms with van der Waals surface area (Å²) in [6.07, 6.45) is 4.23. The molecule has 1 aliphatic heterocycles. The molecule has 0 radical (unpaired) electrons. The molecule has 1 saturated heterocycles. The number of methoxy groups -OCH3 is 1. The number of aliphatic carboxylic acids is 1. The van der Waals surface area contributed by atoms with Crippen molar-refractivity contribution in [3.8, 4) is 5.75 Å². The minimum absolute atomic E-state index is 0.0577. The van der Waals surface area contributed by atoms with E-state index in [0.29, 0.717) is 11.4 Å². The molecule has 0 aliphatic carbocycles. The molecule has 4 rings (SSSR count). The minimum atomic E-state index is -0.773. The molecule has 198 valence electrons. The monoisotopic (exact) mass is 545 g/mol. The number of benzene rings is 2. The fourth-order valence-electron chi connectivity index (χ4n) is 5.25. The van der Waals surface area contributed by atoms with Crippen molar-refractivity contribution in [3.63, 3.8) is 0 Å². The van der Waals surface area contributed by atoms with Gasteiger partial charge in [-0.1, -0.05) is 17.7 Å². The molecular formula is C28H33ClFN3O3S. The smallest absolute Gasteiger partial charge is 0.303 e. The number of aromatic nitrogens is 1. The molecule has 0 amide bonds. The molecule has 2 unspecified atom stereocenters. The standard InChI is InChI=1S/C28H33ClFN3O3S/c1-36-21-6-8-26-23(15-21)28(24(29)16-32-26)25(31)7-5-18-9-10-33(17-19(18)13-27(34)35)11-12-37-22-4-2-3-20(30)14-22/h2-4,6,8,14-16,18-19,25H,5,7,9-13,17,31H2,1H3,(H,34,35)/t18?,19?,25-/m1/s1. The molecule has 6 nitrogen and oxygen atoms in total. The van der Waals surface area contributed by atoms with Gasteiger partial charge in [0.05, 0.1) is 17.6 Å². The molecule has 9 heteroatoms. The van der Waals surface area contributed by atoms with E-state index in [1.54, 1.807) is 37.2 Å². The SMILES string of the molecule is COc1ccc2ncc(Cl)c([C@H](N)CCC3CCN(CCSc4cccc(F)c4)CC3CC(=O)O)c2c1. The van der Waals surface area contributed by atoms with Crippen LogP contribution in [0, 0.1) is 17.7 Å². The summed E-state index contributed by atoms with van der Waals surface area (Å²) in [5.41, 5.74) is 8.33. The van der Waals surface area contributed by atoms with Crippen molar-refractivity contribution in [1.82, 2.24) is 9.88 Å². The number of carboxylic acids is 1. The Hall–Kier alpha value is -2.39. The molecule has 2 aromatic carbocycles. The molecule has 1 aliphatic rings. The Bertz CT molecular complexity index is 1230. The third-order valence-corrected chi connectivity index (χ3v) is 8.45. The summed E-state index contributed by atoms with van der Waals surface area (Å²) in [5.74, 6) is 0.874. The van der Waals surface area contributed by atoms with Gasteiger partial charge in [0.25, 0.3) is 0 Å². The number of ether oxygens (including phenoxy) is 1. The number of carbonyl (C=O) groups is 1. The van der Waals surface area contributed by atoms with Crippen molar-refractivity contribution in [3.05, 3.63) is 65.1 Å². The van der Waals surface area contributed by atoms with Crippen molar-refractivity contribution in [2.24, 2.45) is 17.6 Å². The first-order valence-electron chi connectivity index (χ1n) is 12.5. The second-order valence-electron chi connectivity index (χ2n) is 9.60. The Balaban J connectivity index is 1.37. The number of nitrogens with zero attached hydrogens (tertiary/aromatic N) is 2. The minimum Gasteiger partial charge on any atom is -0.497 e. The number of carboxylic acid groups (broad SMARTS) is 1. The summed E-state index contributed by atoms with van der Waals surface area (Å²) in [5, 5.41) is 11.0. The molecule has 3 atom stereocenters. The number of halogens is 2. The average Bonchev–Trinajstić information content (AvgIpc) is 2.87. The molecule has 0 bridgehead atoms. The van der Waals surface area contributed by atoms with E-state index in [1.165, 1.54) is 6.07 Å². The van der Waals surface area contributed by atoms with E-state index < -0.39 is 5.97 Å². The van der Waals surface area contributed by atoms with Crippen LogP contribution >= 0.6 is 23.4 Å². The van der Waals surface area contributed by atoms with Gasteiger partial charge in [0.2, 0.25) is 0 Å². The first kappa shape index (κ1) is 27.6. The van der Waals surface area contributed by atoms with E-state index in [-0.39, 0.29) is 30.1 Å². The van der Waals surface area contributed by atoms with Crippen LogP contribution < -0.4 is 10.5 Å². The van der Waals surface area contributed by atoms with Crippen molar-refractivity contribution in [2.75, 3.05) is 32.5 Å². The largest absolute Gasteiger partial charge is 0.497 e. The third kappa shape index (κ3) is 7.35. The van der Waals surface area contributed by atoms with Gasteiger partial charge in [0.1, 0.15) is 11.6 Å². The molecular weight excluding hydrogens is 513 g/mol. The topological polar surface area (TPSA) is 88.7 Å². The zero-order valence-electron chi connectivity index (χ0n) is 20.9. The Morgan fingerprint density at radius 2 is 2.16 bits per heavy atom. The lowest BCUT2D eigenvalue weighted by atomic mass is 9.79. The van der Waals surface area contributed by atoms with E-state index in [1.807, 2.05) is 24.3 Å². The second-order valence-corrected chi connectivity index (χ2v) is 11.2. The number of hydrogen-bond acceptors (Lipinski definition) is 6. The zero-order chi connectivity index (χ0) is 26.4. The van der Waals surface area contributed by atoms with Crippen LogP contribution in [0.2, 0.25) is 5.02 Å². The van der Waals surface area contributed by atoms with Crippen LogP contribution in [0.4, 0.5) is 4.39 Å². The van der Waals surface area contributed by atoms with Gasteiger partial charge in [-0.05, 0) is 79.6 Å². The Labute approximate surface area is 226 Å². The number of nitrogens with two attached hydrogens (primary N) is 1. The van der Waals surface area contributed by atoms with Crippen molar-refractivity contribution >= 4 is 40.2 Å². The predicted molar refractivity (Wildman–Crippen MR) is 147 cm³/mol. The zero-order valence-corrected chi connectivity index (χ0v) is 22.5. The fourth-order valence-corrected chi connectivity index (χ4v) is 6.50. The first-order chi connectivity index (χ1) is 17.8. The normalized spacial score (nSPS) is 19.1. The lowest BCUT2D eigenvalue weighted by Crippen LogP contribution is -2.42. The second kappa shape index (κ2) is 12.9. The highest BCUT2D eigenvalue weighted by Crippen LogP contribution is 2.36. The Kier molecular flexibility index (Phi) is 9.65. The van der Waals surface area contributed by atoms with E-state index in [9.17, 15) is 14.3 Å². The highest BCUT2D eigenvalue weighted by atomic mass is 35.5. The average molecular weight is 546 g/mol. The number of hydrogen-bond donors (Lipinski definition) is 2. The number of thioether (sulfide) groups is 1. The molecule has 0 spiro atoms. The summed E-state index contributed by atoms with van der Waals surface area (Å²) in [6, 6.07) is 12.0. The molecule has 0 saturated carbocycles. The van der Waals surface area contributed by atoms with Crippen LogP contribution in [0.25, 0.3) is 10.9 Å². The van der Waals surface area contributed by atoms with Crippen LogP contribution in [-0.4, -0.2) is 53.5 Å². The Morgan fingerprint density at radius 3 is 2.92 bits per heavy atom. The Morgan fingerprint density at radius 1 is 1.32 bits per heavy atom. The molecule has 1 fully saturated rings. The number of piperidine rings is 1. The highest BCUT2D eigenvalue weighted by Gasteiger charge is 2.31. The number of rotatable bonds is 11. The summed E-state index contributed by atoms with van der Waals surface area (Å²) in [7, 11) is 1.62. The maximum absolute atomic E-state index is 13.4. The lowest BCUT2D eigenvalue weighted by Gasteiger charge is -2.38. The molecule has 37 heavy (non-hydrogen) atoms. The molecule has 3 aromatic rings. The van der Waals surface area contributed by atoms with Gasteiger partial charge in [0, 0.05) is 47.8 Å². The van der Waals surface area contributed by atoms with E-state index in [2.05, 4.69) is 9.88 Å². The highest BCUT2D eigenvalue weighted by molar-refractivity contribution is 7.99. The summed E-state index contributed by atoms with van der Waals surface area (Å²) < 4.78 is 18.8. The van der Waals surface area contributed by atoms with E-state index in [0.717, 1.165) is 65.3 Å². The predicted octanol–water partition coefficient (Wildman–Crippen LogP) is 6.02. The van der Waals surface area contributed by atoms with Gasteiger partial charge < -0.3 is 20.5 Å². The molecule has 2 heterocycles. The van der Waals surface area contributed by atoms with Crippen molar-refractivity contribution in [1.29, 1.82) is 0 Å². The summed E-state index contributed by atoms with van der Waals surface area (Å²) >= 11 is 8.16. The fraction of sp³-hybridized carbons (Fsp3) is 0.429. The van der Waals surface area contributed by atoms with Crippen molar-refractivity contribution in [2.45, 2.75) is 36.6 Å². The maximum Gasteiger partial charge on any atom is 0.303 e. The van der Waals surface area contributed by atoms with Gasteiger partial charge in [-0.3, -0.25) is 9.78 Å². The maximum atomic E-state index is 13.4. The number of pyridine rings is 1.